The van der Waals surface area contributed by atoms with Gasteiger partial charge in [-0.3, -0.25) is 19.5 Å². The number of carbonyl (C=O) groups is 2. The largest absolute Gasteiger partial charge is 0.507 e. The maximum Gasteiger partial charge on any atom is 0.302 e. The summed E-state index contributed by atoms with van der Waals surface area (Å²) in [4.78, 5) is 40.1. The SMILES string of the molecule is COc1cc(C)c(/C(O)=C2\C(=O)C(=O)N(c3nc4ccccc4[nH]3)C2c2cccnc2)cc1C(C)C. The molecule has 0 radical (unpaired) electrons. The van der Waals surface area contributed by atoms with Crippen molar-refractivity contribution in [2.45, 2.75) is 32.7 Å². The summed E-state index contributed by atoms with van der Waals surface area (Å²) in [6.07, 6.45) is 3.19. The number of ether oxygens (including phenoxy) is 1. The van der Waals surface area contributed by atoms with Crippen LogP contribution >= 0.6 is 0 Å². The number of amides is 1. The Kier molecular flexibility index (Phi) is 5.80. The molecule has 8 heteroatoms. The highest BCUT2D eigenvalue weighted by atomic mass is 16.5. The molecule has 8 nitrogen and oxygen atoms in total. The lowest BCUT2D eigenvalue weighted by molar-refractivity contribution is -0.132. The van der Waals surface area contributed by atoms with Crippen molar-refractivity contribution in [3.05, 3.63) is 88.8 Å². The number of ketones is 1. The van der Waals surface area contributed by atoms with E-state index >= 15 is 0 Å². The topological polar surface area (TPSA) is 108 Å². The fourth-order valence-corrected chi connectivity index (χ4v) is 4.68. The third-order valence-electron chi connectivity index (χ3n) is 6.50. The molecule has 0 saturated carbocycles. The van der Waals surface area contributed by atoms with E-state index in [0.717, 1.165) is 11.1 Å². The number of rotatable bonds is 5. The molecule has 4 aromatic rings. The number of aliphatic hydroxyl groups is 1. The minimum atomic E-state index is -0.914. The van der Waals surface area contributed by atoms with Gasteiger partial charge in [-0.2, -0.15) is 0 Å². The van der Waals surface area contributed by atoms with Crippen LogP contribution in [0.2, 0.25) is 0 Å². The van der Waals surface area contributed by atoms with Crippen LogP contribution in [-0.2, 0) is 9.59 Å². The van der Waals surface area contributed by atoms with E-state index in [2.05, 4.69) is 15.0 Å². The van der Waals surface area contributed by atoms with Crippen LogP contribution in [0.25, 0.3) is 16.8 Å². The first-order chi connectivity index (χ1) is 17.3. The first kappa shape index (κ1) is 23.3. The number of aliphatic hydroxyl groups excluding tert-OH is 1. The Balaban J connectivity index is 1.75. The lowest BCUT2D eigenvalue weighted by Crippen LogP contribution is -2.30. The molecule has 1 saturated heterocycles. The molecule has 1 aliphatic rings. The summed E-state index contributed by atoms with van der Waals surface area (Å²) >= 11 is 0. The van der Waals surface area contributed by atoms with Crippen LogP contribution in [0.1, 0.15) is 48.1 Å². The quantitative estimate of drug-likeness (QED) is 0.235. The molecule has 182 valence electrons. The normalized spacial score (nSPS) is 17.4. The van der Waals surface area contributed by atoms with Gasteiger partial charge in [-0.05, 0) is 59.9 Å². The minimum Gasteiger partial charge on any atom is -0.507 e. The van der Waals surface area contributed by atoms with Gasteiger partial charge in [0.25, 0.3) is 5.78 Å². The van der Waals surface area contributed by atoms with E-state index in [4.69, 9.17) is 4.74 Å². The highest BCUT2D eigenvalue weighted by Gasteiger charge is 2.48. The standard InChI is InChI=1S/C28H26N4O4/c1-15(2)18-13-19(16(3)12-22(18)36-4)25(33)23-24(17-8-7-11-29-14-17)32(27(35)26(23)34)28-30-20-9-5-6-10-21(20)31-28/h5-15,24,33H,1-4H3,(H,30,31)/b25-23+. The number of aryl methyl sites for hydroxylation is 1. The zero-order chi connectivity index (χ0) is 25.6. The van der Waals surface area contributed by atoms with Crippen molar-refractivity contribution in [2.24, 2.45) is 0 Å². The first-order valence-corrected chi connectivity index (χ1v) is 11.7. The molecule has 1 unspecified atom stereocenters. The highest BCUT2D eigenvalue weighted by molar-refractivity contribution is 6.51. The minimum absolute atomic E-state index is 0.0172. The summed E-state index contributed by atoms with van der Waals surface area (Å²) in [6.45, 7) is 5.87. The third kappa shape index (κ3) is 3.71. The number of aromatic amines is 1. The number of methoxy groups -OCH3 is 1. The van der Waals surface area contributed by atoms with Gasteiger partial charge in [0, 0.05) is 18.0 Å². The molecule has 5 rings (SSSR count). The van der Waals surface area contributed by atoms with Crippen molar-refractivity contribution in [1.29, 1.82) is 0 Å². The number of anilines is 1. The van der Waals surface area contributed by atoms with Gasteiger partial charge in [-0.25, -0.2) is 4.98 Å². The van der Waals surface area contributed by atoms with E-state index in [1.54, 1.807) is 31.6 Å². The molecular weight excluding hydrogens is 456 g/mol. The molecule has 3 heterocycles. The van der Waals surface area contributed by atoms with Crippen LogP contribution in [0, 0.1) is 6.92 Å². The molecule has 2 N–H and O–H groups in total. The molecule has 2 aromatic heterocycles. The molecular formula is C28H26N4O4. The summed E-state index contributed by atoms with van der Waals surface area (Å²) in [5.41, 5.74) is 4.02. The number of carbonyl (C=O) groups excluding carboxylic acids is 2. The Labute approximate surface area is 208 Å². The van der Waals surface area contributed by atoms with Crippen molar-refractivity contribution < 1.29 is 19.4 Å². The molecule has 0 aliphatic carbocycles. The highest BCUT2D eigenvalue weighted by Crippen LogP contribution is 2.42. The van der Waals surface area contributed by atoms with Crippen molar-refractivity contribution in [1.82, 2.24) is 15.0 Å². The first-order valence-electron chi connectivity index (χ1n) is 11.7. The van der Waals surface area contributed by atoms with Gasteiger partial charge in [-0.1, -0.05) is 32.0 Å². The van der Waals surface area contributed by atoms with E-state index in [1.807, 2.05) is 57.2 Å². The molecule has 36 heavy (non-hydrogen) atoms. The summed E-state index contributed by atoms with van der Waals surface area (Å²) < 4.78 is 5.53. The summed E-state index contributed by atoms with van der Waals surface area (Å²) in [6, 6.07) is 13.6. The second kappa shape index (κ2) is 8.96. The zero-order valence-corrected chi connectivity index (χ0v) is 20.4. The van der Waals surface area contributed by atoms with Crippen LogP contribution < -0.4 is 9.64 Å². The number of imidazole rings is 1. The average Bonchev–Trinajstić information content (AvgIpc) is 3.42. The molecule has 1 atom stereocenters. The van der Waals surface area contributed by atoms with Crippen LogP contribution in [0.5, 0.6) is 5.75 Å². The van der Waals surface area contributed by atoms with Crippen LogP contribution in [0.3, 0.4) is 0 Å². The number of Topliss-reactive ketones (excluding diaryl/α,β-unsaturated/α-hetero) is 1. The fraction of sp³-hybridized carbons (Fsp3) is 0.214. The average molecular weight is 483 g/mol. The van der Waals surface area contributed by atoms with Crippen molar-refractivity contribution in [3.63, 3.8) is 0 Å². The van der Waals surface area contributed by atoms with E-state index in [9.17, 15) is 14.7 Å². The van der Waals surface area contributed by atoms with E-state index in [-0.39, 0.29) is 23.2 Å². The molecule has 1 aliphatic heterocycles. The summed E-state index contributed by atoms with van der Waals surface area (Å²) in [7, 11) is 1.60. The van der Waals surface area contributed by atoms with Gasteiger partial charge in [0.15, 0.2) is 0 Å². The number of para-hydroxylation sites is 2. The van der Waals surface area contributed by atoms with Gasteiger partial charge < -0.3 is 14.8 Å². The fourth-order valence-electron chi connectivity index (χ4n) is 4.68. The number of nitrogens with zero attached hydrogens (tertiary/aromatic N) is 3. The number of pyridine rings is 1. The monoisotopic (exact) mass is 482 g/mol. The lowest BCUT2D eigenvalue weighted by atomic mass is 9.91. The van der Waals surface area contributed by atoms with E-state index in [1.165, 1.54) is 4.90 Å². The maximum absolute atomic E-state index is 13.5. The van der Waals surface area contributed by atoms with Gasteiger partial charge in [0.05, 0.1) is 29.8 Å². The molecule has 1 fully saturated rings. The Bertz CT molecular complexity index is 1490. The molecule has 0 bridgehead atoms. The molecule has 2 aromatic carbocycles. The second-order valence-corrected chi connectivity index (χ2v) is 9.10. The Morgan fingerprint density at radius 1 is 1.14 bits per heavy atom. The van der Waals surface area contributed by atoms with E-state index < -0.39 is 17.7 Å². The number of H-pyrrole nitrogens is 1. The number of hydrogen-bond donors (Lipinski definition) is 2. The summed E-state index contributed by atoms with van der Waals surface area (Å²) in [5, 5.41) is 11.6. The van der Waals surface area contributed by atoms with E-state index in [0.29, 0.717) is 28.0 Å². The van der Waals surface area contributed by atoms with Crippen molar-refractivity contribution in [2.75, 3.05) is 12.0 Å². The smallest absolute Gasteiger partial charge is 0.302 e. The zero-order valence-electron chi connectivity index (χ0n) is 20.4. The predicted octanol–water partition coefficient (Wildman–Crippen LogP) is 5.02. The third-order valence-corrected chi connectivity index (χ3v) is 6.50. The number of nitrogens with one attached hydrogen (secondary N) is 1. The number of benzene rings is 2. The second-order valence-electron chi connectivity index (χ2n) is 9.10. The Hall–Kier alpha value is -4.46. The van der Waals surface area contributed by atoms with Gasteiger partial charge in [0.2, 0.25) is 5.95 Å². The lowest BCUT2D eigenvalue weighted by Gasteiger charge is -2.23. The van der Waals surface area contributed by atoms with Crippen LogP contribution in [-0.4, -0.2) is 38.9 Å². The van der Waals surface area contributed by atoms with Crippen LogP contribution in [0.15, 0.2) is 66.5 Å². The molecule has 0 spiro atoms. The summed E-state index contributed by atoms with van der Waals surface area (Å²) in [5.74, 6) is -0.781. The Morgan fingerprint density at radius 3 is 2.58 bits per heavy atom. The van der Waals surface area contributed by atoms with Gasteiger partial charge >= 0.3 is 5.91 Å². The van der Waals surface area contributed by atoms with Crippen LogP contribution in [0.4, 0.5) is 5.95 Å². The predicted molar refractivity (Wildman–Crippen MR) is 137 cm³/mol. The number of hydrogen-bond acceptors (Lipinski definition) is 6. The maximum atomic E-state index is 13.5. The van der Waals surface area contributed by atoms with Gasteiger partial charge in [0.1, 0.15) is 11.5 Å². The number of fused-ring (bicyclic) bond motifs is 1. The van der Waals surface area contributed by atoms with Crippen molar-refractivity contribution >= 4 is 34.4 Å². The molecule has 1 amide bonds. The Morgan fingerprint density at radius 2 is 1.92 bits per heavy atom. The number of aromatic nitrogens is 3. The van der Waals surface area contributed by atoms with Gasteiger partial charge in [-0.15, -0.1) is 0 Å². The van der Waals surface area contributed by atoms with Crippen molar-refractivity contribution in [3.8, 4) is 5.75 Å².